The molecule has 4 fully saturated rings. The van der Waals surface area contributed by atoms with Gasteiger partial charge in [0, 0.05) is 4.11 Å². The molecule has 3 heteroatoms. The Morgan fingerprint density at radius 3 is 2.43 bits per heavy atom. The maximum Gasteiger partial charge on any atom is 0.0804 e. The summed E-state index contributed by atoms with van der Waals surface area (Å²) in [5.74, 6) is 1.57. The maximum absolute atomic E-state index is 11.2. The minimum Gasteiger partial charge on any atom is -0.390 e. The normalized spacial score (nSPS) is 64.8. The first-order valence-corrected chi connectivity index (χ1v) is 9.52. The molecule has 132 valence electrons. The number of fused-ring (bicyclic) bond motifs is 5. The minimum atomic E-state index is -2.34. The molecule has 4 saturated carbocycles. The van der Waals surface area contributed by atoms with E-state index in [1.165, 1.54) is 0 Å². The van der Waals surface area contributed by atoms with Gasteiger partial charge in [-0.1, -0.05) is 13.8 Å². The van der Waals surface area contributed by atoms with Crippen LogP contribution < -0.4 is 0 Å². The van der Waals surface area contributed by atoms with E-state index in [0.717, 1.165) is 32.1 Å². The van der Waals surface area contributed by atoms with Gasteiger partial charge in [0.2, 0.25) is 0 Å². The van der Waals surface area contributed by atoms with Crippen molar-refractivity contribution >= 4 is 0 Å². The highest BCUT2D eigenvalue weighted by molar-refractivity contribution is 5.13. The lowest BCUT2D eigenvalue weighted by atomic mass is 9.44. The number of aliphatic hydroxyl groups excluding tert-OH is 2. The van der Waals surface area contributed by atoms with Gasteiger partial charge in [0.15, 0.2) is 0 Å². The van der Waals surface area contributed by atoms with Gasteiger partial charge in [0.05, 0.1) is 17.8 Å². The van der Waals surface area contributed by atoms with Crippen molar-refractivity contribution < 1.29 is 19.4 Å². The topological polar surface area (TPSA) is 60.7 Å². The van der Waals surface area contributed by atoms with Crippen LogP contribution in [0.3, 0.4) is 0 Å². The third kappa shape index (κ3) is 2.05. The second-order valence-electron chi connectivity index (χ2n) is 9.59. The smallest absolute Gasteiger partial charge is 0.0804 e. The number of hydrogen-bond acceptors (Lipinski definition) is 3. The molecule has 0 aliphatic heterocycles. The third-order valence-corrected chi connectivity index (χ3v) is 8.84. The second-order valence-corrected chi connectivity index (χ2v) is 9.59. The summed E-state index contributed by atoms with van der Waals surface area (Å²) in [6.07, 6.45) is 5.01. The maximum atomic E-state index is 11.2. The molecule has 23 heavy (non-hydrogen) atoms. The van der Waals surface area contributed by atoms with Crippen molar-refractivity contribution in [3.05, 3.63) is 0 Å². The van der Waals surface area contributed by atoms with E-state index in [-0.39, 0.29) is 11.3 Å². The summed E-state index contributed by atoms with van der Waals surface area (Å²) in [4.78, 5) is 0. The summed E-state index contributed by atoms with van der Waals surface area (Å²) in [5.41, 5.74) is -2.10. The molecule has 0 aromatic heterocycles. The van der Waals surface area contributed by atoms with E-state index in [1.807, 2.05) is 6.92 Å². The lowest BCUT2D eigenvalue weighted by Crippen LogP contribution is -2.58. The first-order chi connectivity index (χ1) is 11.9. The van der Waals surface area contributed by atoms with Crippen molar-refractivity contribution in [2.45, 2.75) is 89.9 Å². The molecule has 0 unspecified atom stereocenters. The fraction of sp³-hybridized carbons (Fsp3) is 1.00. The lowest BCUT2D eigenvalue weighted by Gasteiger charge is -2.62. The number of hydrogen-bond donors (Lipinski definition) is 3. The van der Waals surface area contributed by atoms with Gasteiger partial charge in [-0.25, -0.2) is 0 Å². The quantitative estimate of drug-likeness (QED) is 0.641. The minimum absolute atomic E-state index is 0.0174. The molecule has 9 atom stereocenters. The van der Waals surface area contributed by atoms with E-state index in [9.17, 15) is 15.3 Å². The predicted octanol–water partition coefficient (Wildman–Crippen LogP) is 3.11. The van der Waals surface area contributed by atoms with E-state index in [2.05, 4.69) is 6.92 Å². The van der Waals surface area contributed by atoms with Gasteiger partial charge in [-0.05, 0) is 92.7 Å². The molecule has 4 rings (SSSR count). The zero-order chi connectivity index (χ0) is 19.1. The summed E-state index contributed by atoms with van der Waals surface area (Å²) < 4.78 is 23.9. The van der Waals surface area contributed by atoms with Gasteiger partial charge in [0.25, 0.3) is 0 Å². The van der Waals surface area contributed by atoms with Crippen molar-refractivity contribution in [2.75, 3.05) is 0 Å². The van der Waals surface area contributed by atoms with Crippen molar-refractivity contribution in [1.29, 1.82) is 0 Å². The lowest BCUT2D eigenvalue weighted by molar-refractivity contribution is -0.173. The molecular formula is C20H34O3. The molecule has 4 aliphatic carbocycles. The zero-order valence-electron chi connectivity index (χ0n) is 17.5. The molecular weight excluding hydrogens is 288 g/mol. The molecule has 0 bridgehead atoms. The van der Waals surface area contributed by atoms with E-state index >= 15 is 0 Å². The average molecular weight is 326 g/mol. The van der Waals surface area contributed by atoms with Gasteiger partial charge >= 0.3 is 0 Å². The molecule has 0 spiro atoms. The molecule has 3 nitrogen and oxygen atoms in total. The first-order valence-electron chi connectivity index (χ1n) is 11.0. The van der Waals surface area contributed by atoms with Crippen LogP contribution in [0.2, 0.25) is 0 Å². The van der Waals surface area contributed by atoms with Gasteiger partial charge in [-0.2, -0.15) is 0 Å². The molecule has 3 N–H and O–H groups in total. The highest BCUT2D eigenvalue weighted by Crippen LogP contribution is 2.68. The second kappa shape index (κ2) is 4.95. The predicted molar refractivity (Wildman–Crippen MR) is 89.7 cm³/mol. The van der Waals surface area contributed by atoms with E-state index in [1.54, 1.807) is 0 Å². The van der Waals surface area contributed by atoms with E-state index < -0.39 is 30.1 Å². The van der Waals surface area contributed by atoms with Crippen LogP contribution in [-0.2, 0) is 0 Å². The van der Waals surface area contributed by atoms with Crippen LogP contribution in [0.25, 0.3) is 0 Å². The fourth-order valence-electron chi connectivity index (χ4n) is 7.29. The largest absolute Gasteiger partial charge is 0.390 e. The monoisotopic (exact) mass is 325 g/mol. The van der Waals surface area contributed by atoms with Crippen LogP contribution >= 0.6 is 0 Å². The Bertz CT molecular complexity index is 581. The summed E-state index contributed by atoms with van der Waals surface area (Å²) in [7, 11) is 0. The standard InChI is InChI=1S/C20H34O3/c1-18-11-17(22)16(21)10-12(18)4-5-13-14(18)6-8-19(2)15(13)7-9-20(19,3)23/h12-17,21-23H,4-11H2,1-3H3/t12-,13+,14-,15-,16-,17+,18-,19-,20-/m0/s1/i3D3. The van der Waals surface area contributed by atoms with Crippen molar-refractivity contribution in [2.24, 2.45) is 34.5 Å². The highest BCUT2D eigenvalue weighted by atomic mass is 16.3. The van der Waals surface area contributed by atoms with Crippen molar-refractivity contribution in [3.63, 3.8) is 0 Å². The summed E-state index contributed by atoms with van der Waals surface area (Å²) in [5, 5.41) is 31.7. The fourth-order valence-corrected chi connectivity index (χ4v) is 7.29. The van der Waals surface area contributed by atoms with Crippen LogP contribution in [-0.4, -0.2) is 33.1 Å². The number of rotatable bonds is 0. The van der Waals surface area contributed by atoms with E-state index in [0.29, 0.717) is 37.0 Å². The van der Waals surface area contributed by atoms with Crippen molar-refractivity contribution in [1.82, 2.24) is 0 Å². The van der Waals surface area contributed by atoms with Crippen LogP contribution in [0, 0.1) is 34.5 Å². The first kappa shape index (κ1) is 13.1. The van der Waals surface area contributed by atoms with Gasteiger partial charge in [-0.3, -0.25) is 0 Å². The molecule has 0 aromatic rings. The average Bonchev–Trinajstić information content (AvgIpc) is 2.82. The van der Waals surface area contributed by atoms with E-state index in [4.69, 9.17) is 4.11 Å². The Balaban J connectivity index is 1.65. The van der Waals surface area contributed by atoms with Gasteiger partial charge < -0.3 is 15.3 Å². The molecule has 0 radical (unpaired) electrons. The van der Waals surface area contributed by atoms with Crippen LogP contribution in [0.4, 0.5) is 0 Å². The summed E-state index contributed by atoms with van der Waals surface area (Å²) in [6, 6.07) is 0. The SMILES string of the molecule is [2H]C([2H])([2H])[C@]1(O)CC[C@H]2[C@@H]3CC[C@H]4C[C@H](O)[C@H](O)C[C@]4(C)[C@H]3CC[C@@]21C. The Hall–Kier alpha value is -0.120. The summed E-state index contributed by atoms with van der Waals surface area (Å²) >= 11 is 0. The zero-order valence-corrected chi connectivity index (χ0v) is 14.5. The molecule has 0 heterocycles. The van der Waals surface area contributed by atoms with Crippen molar-refractivity contribution in [3.8, 4) is 0 Å². The Morgan fingerprint density at radius 1 is 0.957 bits per heavy atom. The number of aliphatic hydroxyl groups is 3. The molecule has 4 aliphatic rings. The summed E-state index contributed by atoms with van der Waals surface area (Å²) in [6.45, 7) is 1.97. The highest BCUT2D eigenvalue weighted by Gasteiger charge is 2.63. The Labute approximate surface area is 144 Å². The third-order valence-electron chi connectivity index (χ3n) is 8.84. The van der Waals surface area contributed by atoms with Crippen LogP contribution in [0.5, 0.6) is 0 Å². The molecule has 0 amide bonds. The van der Waals surface area contributed by atoms with Crippen LogP contribution in [0.15, 0.2) is 0 Å². The molecule has 0 saturated heterocycles. The Morgan fingerprint density at radius 2 is 1.70 bits per heavy atom. The van der Waals surface area contributed by atoms with Gasteiger partial charge in [-0.15, -0.1) is 0 Å². The molecule has 0 aromatic carbocycles. The van der Waals surface area contributed by atoms with Gasteiger partial charge in [0.1, 0.15) is 0 Å². The Kier molecular flexibility index (Phi) is 2.83. The van der Waals surface area contributed by atoms with Crippen LogP contribution in [0.1, 0.15) is 76.2 Å².